The van der Waals surface area contributed by atoms with Gasteiger partial charge < -0.3 is 15.2 Å². The lowest BCUT2D eigenvalue weighted by molar-refractivity contribution is -0.117. The van der Waals surface area contributed by atoms with Gasteiger partial charge in [0.05, 0.1) is 0 Å². The maximum Gasteiger partial charge on any atom is 0.252 e. The lowest BCUT2D eigenvalue weighted by atomic mass is 10.1. The van der Waals surface area contributed by atoms with Crippen LogP contribution in [-0.4, -0.2) is 23.3 Å². The first-order chi connectivity index (χ1) is 12.2. The van der Waals surface area contributed by atoms with Crippen molar-refractivity contribution in [3.05, 3.63) is 65.9 Å². The maximum absolute atomic E-state index is 12.5. The second-order valence-corrected chi connectivity index (χ2v) is 6.24. The van der Waals surface area contributed by atoms with E-state index in [4.69, 9.17) is 0 Å². The van der Waals surface area contributed by atoms with E-state index in [0.717, 1.165) is 35.1 Å². The highest BCUT2D eigenvalue weighted by Gasteiger charge is 2.21. The number of H-pyrrole nitrogens is 1. The van der Waals surface area contributed by atoms with Crippen LogP contribution in [0.1, 0.15) is 28.8 Å². The lowest BCUT2D eigenvalue weighted by Crippen LogP contribution is -2.24. The van der Waals surface area contributed by atoms with Gasteiger partial charge in [-0.3, -0.25) is 9.59 Å². The molecule has 2 N–H and O–H groups in total. The van der Waals surface area contributed by atoms with Gasteiger partial charge in [0.1, 0.15) is 0 Å². The fourth-order valence-electron chi connectivity index (χ4n) is 3.28. The molecule has 5 nitrogen and oxygen atoms in total. The number of aromatic amines is 1. The Morgan fingerprint density at radius 3 is 2.72 bits per heavy atom. The number of nitrogens with one attached hydrogen (secondary N) is 2. The van der Waals surface area contributed by atoms with Crippen molar-refractivity contribution in [3.8, 4) is 0 Å². The Balaban J connectivity index is 1.43. The third-order valence-corrected chi connectivity index (χ3v) is 4.61. The predicted molar refractivity (Wildman–Crippen MR) is 97.5 cm³/mol. The molecule has 25 heavy (non-hydrogen) atoms. The number of carbonyl (C=O) groups excluding carboxylic acids is 2. The molecule has 0 bridgehead atoms. The Morgan fingerprint density at radius 1 is 1.12 bits per heavy atom. The van der Waals surface area contributed by atoms with E-state index in [9.17, 15) is 9.59 Å². The number of fused-ring (bicyclic) bond motifs is 1. The molecule has 2 amide bonds. The summed E-state index contributed by atoms with van der Waals surface area (Å²) in [6, 6.07) is 15.4. The van der Waals surface area contributed by atoms with E-state index in [0.29, 0.717) is 18.5 Å². The topological polar surface area (TPSA) is 65.2 Å². The minimum atomic E-state index is -0.0935. The summed E-state index contributed by atoms with van der Waals surface area (Å²) in [7, 11) is 0. The molecule has 126 valence electrons. The highest BCUT2D eigenvalue weighted by Crippen LogP contribution is 2.22. The average molecular weight is 333 g/mol. The molecule has 1 saturated heterocycles. The van der Waals surface area contributed by atoms with Gasteiger partial charge in [-0.2, -0.15) is 0 Å². The smallest absolute Gasteiger partial charge is 0.252 e. The van der Waals surface area contributed by atoms with Crippen molar-refractivity contribution in [2.45, 2.75) is 19.4 Å². The van der Waals surface area contributed by atoms with Gasteiger partial charge in [0.25, 0.3) is 5.91 Å². The highest BCUT2D eigenvalue weighted by atomic mass is 16.2. The van der Waals surface area contributed by atoms with Gasteiger partial charge in [0.15, 0.2) is 0 Å². The summed E-state index contributed by atoms with van der Waals surface area (Å²) in [6.07, 6.45) is 3.38. The minimum Gasteiger partial charge on any atom is -0.361 e. The first kappa shape index (κ1) is 15.4. The monoisotopic (exact) mass is 333 g/mol. The Kier molecular flexibility index (Phi) is 3.98. The van der Waals surface area contributed by atoms with E-state index >= 15 is 0 Å². The zero-order valence-corrected chi connectivity index (χ0v) is 13.8. The van der Waals surface area contributed by atoms with Crippen LogP contribution in [0.25, 0.3) is 10.9 Å². The zero-order chi connectivity index (χ0) is 17.2. The zero-order valence-electron chi connectivity index (χ0n) is 13.8. The fourth-order valence-corrected chi connectivity index (χ4v) is 3.28. The third kappa shape index (κ3) is 3.01. The van der Waals surface area contributed by atoms with Crippen LogP contribution in [-0.2, 0) is 11.3 Å². The summed E-state index contributed by atoms with van der Waals surface area (Å²) in [5, 5.41) is 3.88. The number of benzene rings is 2. The molecule has 0 unspecified atom stereocenters. The fraction of sp³-hybridized carbons (Fsp3) is 0.200. The molecule has 0 atom stereocenters. The van der Waals surface area contributed by atoms with Gasteiger partial charge in [0, 0.05) is 47.9 Å². The summed E-state index contributed by atoms with van der Waals surface area (Å²) in [5.74, 6) is 0.0876. The average Bonchev–Trinajstić information content (AvgIpc) is 3.28. The number of rotatable bonds is 4. The molecule has 0 spiro atoms. The highest BCUT2D eigenvalue weighted by molar-refractivity contribution is 6.06. The number of anilines is 1. The summed E-state index contributed by atoms with van der Waals surface area (Å²) < 4.78 is 0. The second kappa shape index (κ2) is 6.43. The Bertz CT molecular complexity index is 928. The standard InChI is InChI=1S/C20H19N3O2/c24-19-5-2-12-23(19)15-8-6-14(7-9-15)13-22-20(25)17-3-1-4-18-16(17)10-11-21-18/h1,3-4,6-11,21H,2,5,12-13H2,(H,22,25). The van der Waals surface area contributed by atoms with Gasteiger partial charge in [-0.25, -0.2) is 0 Å². The van der Waals surface area contributed by atoms with Gasteiger partial charge in [-0.15, -0.1) is 0 Å². The molecular weight excluding hydrogens is 314 g/mol. The molecule has 1 aliphatic rings. The quantitative estimate of drug-likeness (QED) is 0.770. The minimum absolute atomic E-state index is 0.0935. The van der Waals surface area contributed by atoms with Gasteiger partial charge in [-0.1, -0.05) is 18.2 Å². The van der Waals surface area contributed by atoms with Gasteiger partial charge >= 0.3 is 0 Å². The predicted octanol–water partition coefficient (Wildman–Crippen LogP) is 3.22. The molecule has 0 radical (unpaired) electrons. The van der Waals surface area contributed by atoms with E-state index in [1.54, 1.807) is 0 Å². The summed E-state index contributed by atoms with van der Waals surface area (Å²) in [5.41, 5.74) is 3.55. The molecule has 0 aliphatic carbocycles. The van der Waals surface area contributed by atoms with E-state index in [1.165, 1.54) is 0 Å². The Morgan fingerprint density at radius 2 is 1.96 bits per heavy atom. The van der Waals surface area contributed by atoms with Crippen LogP contribution in [0.2, 0.25) is 0 Å². The number of nitrogens with zero attached hydrogens (tertiary/aromatic N) is 1. The SMILES string of the molecule is O=C(NCc1ccc(N2CCCC2=O)cc1)c1cccc2[nH]ccc12. The number of hydrogen-bond donors (Lipinski definition) is 2. The number of amides is 2. The summed E-state index contributed by atoms with van der Waals surface area (Å²) in [6.45, 7) is 1.24. The van der Waals surface area contributed by atoms with E-state index in [-0.39, 0.29) is 11.8 Å². The summed E-state index contributed by atoms with van der Waals surface area (Å²) in [4.78, 5) is 29.2. The molecule has 2 aromatic carbocycles. The molecule has 5 heteroatoms. The molecule has 4 rings (SSSR count). The normalized spacial score (nSPS) is 14.2. The third-order valence-electron chi connectivity index (χ3n) is 4.61. The van der Waals surface area contributed by atoms with Crippen LogP contribution in [0.5, 0.6) is 0 Å². The lowest BCUT2D eigenvalue weighted by Gasteiger charge is -2.16. The van der Waals surface area contributed by atoms with Crippen molar-refractivity contribution in [1.29, 1.82) is 0 Å². The van der Waals surface area contributed by atoms with Crippen LogP contribution < -0.4 is 10.2 Å². The summed E-state index contributed by atoms with van der Waals surface area (Å²) >= 11 is 0. The van der Waals surface area contributed by atoms with Gasteiger partial charge in [-0.05, 0) is 42.3 Å². The first-order valence-corrected chi connectivity index (χ1v) is 8.46. The van der Waals surface area contributed by atoms with Crippen molar-refractivity contribution >= 4 is 28.4 Å². The molecule has 1 fully saturated rings. The van der Waals surface area contributed by atoms with Crippen LogP contribution >= 0.6 is 0 Å². The largest absolute Gasteiger partial charge is 0.361 e. The first-order valence-electron chi connectivity index (χ1n) is 8.46. The number of aromatic nitrogens is 1. The van der Waals surface area contributed by atoms with Crippen molar-refractivity contribution in [3.63, 3.8) is 0 Å². The van der Waals surface area contributed by atoms with E-state index in [2.05, 4.69) is 10.3 Å². The van der Waals surface area contributed by atoms with Crippen molar-refractivity contribution in [1.82, 2.24) is 10.3 Å². The molecule has 2 heterocycles. The Labute approximate surface area is 145 Å². The number of carbonyl (C=O) groups is 2. The van der Waals surface area contributed by atoms with Crippen molar-refractivity contribution in [2.75, 3.05) is 11.4 Å². The van der Waals surface area contributed by atoms with Crippen molar-refractivity contribution in [2.24, 2.45) is 0 Å². The second-order valence-electron chi connectivity index (χ2n) is 6.24. The van der Waals surface area contributed by atoms with Gasteiger partial charge in [0.2, 0.25) is 5.91 Å². The van der Waals surface area contributed by atoms with Crippen LogP contribution in [0.3, 0.4) is 0 Å². The van der Waals surface area contributed by atoms with Crippen LogP contribution in [0, 0.1) is 0 Å². The van der Waals surface area contributed by atoms with E-state index < -0.39 is 0 Å². The number of hydrogen-bond acceptors (Lipinski definition) is 2. The van der Waals surface area contributed by atoms with Crippen LogP contribution in [0.4, 0.5) is 5.69 Å². The maximum atomic E-state index is 12.5. The Hall–Kier alpha value is -3.08. The molecule has 3 aromatic rings. The molecule has 1 aliphatic heterocycles. The van der Waals surface area contributed by atoms with E-state index in [1.807, 2.05) is 59.6 Å². The van der Waals surface area contributed by atoms with Crippen LogP contribution in [0.15, 0.2) is 54.7 Å². The van der Waals surface area contributed by atoms with Crippen molar-refractivity contribution < 1.29 is 9.59 Å². The molecule has 0 saturated carbocycles. The molecular formula is C20H19N3O2. The molecule has 1 aromatic heterocycles.